The van der Waals surface area contributed by atoms with Crippen molar-refractivity contribution >= 4 is 21.7 Å². The zero-order valence-corrected chi connectivity index (χ0v) is 10.0. The van der Waals surface area contributed by atoms with Crippen molar-refractivity contribution in [2.75, 3.05) is 20.2 Å². The molecule has 1 heterocycles. The second kappa shape index (κ2) is 4.33. The van der Waals surface area contributed by atoms with Crippen LogP contribution in [0.2, 0.25) is 0 Å². The summed E-state index contributed by atoms with van der Waals surface area (Å²) in [5.41, 5.74) is 0.673. The molecule has 0 atom stereocenters. The molecule has 0 spiro atoms. The third-order valence-electron chi connectivity index (χ3n) is 2.58. The lowest BCUT2D eigenvalue weighted by Crippen LogP contribution is -2.46. The Morgan fingerprint density at radius 2 is 2.27 bits per heavy atom. The van der Waals surface area contributed by atoms with Crippen molar-refractivity contribution in [2.24, 2.45) is 5.92 Å². The number of ether oxygens (including phenoxy) is 1. The molecule has 1 aromatic carbocycles. The number of hydrogen-bond donors (Lipinski definition) is 1. The lowest BCUT2D eigenvalue weighted by Gasteiger charge is -2.26. The quantitative estimate of drug-likeness (QED) is 0.852. The third kappa shape index (κ3) is 2.06. The molecule has 1 aliphatic heterocycles. The molecule has 2 rings (SSSR count). The van der Waals surface area contributed by atoms with Gasteiger partial charge in [-0.15, -0.1) is 0 Å². The van der Waals surface area contributed by atoms with Crippen LogP contribution in [0.3, 0.4) is 0 Å². The van der Waals surface area contributed by atoms with Crippen LogP contribution in [0, 0.1) is 5.92 Å². The highest BCUT2D eigenvalue weighted by Crippen LogP contribution is 2.26. The largest absolute Gasteiger partial charge is 0.496 e. The van der Waals surface area contributed by atoms with E-state index in [2.05, 4.69) is 21.2 Å². The van der Waals surface area contributed by atoms with Gasteiger partial charge in [-0.05, 0) is 18.2 Å². The first kappa shape index (κ1) is 10.6. The van der Waals surface area contributed by atoms with E-state index in [0.29, 0.717) is 11.3 Å². The standard InChI is InChI=1S/C11H12BrNO2/c1-15-10-4-8(12)2-3-9(10)11(14)7-5-13-6-7/h2-4,7,13H,5-6H2,1H3. The average Bonchev–Trinajstić information content (AvgIpc) is 2.14. The van der Waals surface area contributed by atoms with Gasteiger partial charge >= 0.3 is 0 Å². The van der Waals surface area contributed by atoms with E-state index in [-0.39, 0.29) is 11.7 Å². The summed E-state index contributed by atoms with van der Waals surface area (Å²) in [4.78, 5) is 12.0. The molecule has 0 radical (unpaired) electrons. The van der Waals surface area contributed by atoms with Gasteiger partial charge in [0.2, 0.25) is 0 Å². The predicted molar refractivity (Wildman–Crippen MR) is 61.4 cm³/mol. The van der Waals surface area contributed by atoms with Gasteiger partial charge < -0.3 is 10.1 Å². The summed E-state index contributed by atoms with van der Waals surface area (Å²) in [6, 6.07) is 5.49. The summed E-state index contributed by atoms with van der Waals surface area (Å²) in [6.07, 6.45) is 0. The number of benzene rings is 1. The Bertz CT molecular complexity index is 388. The van der Waals surface area contributed by atoms with E-state index in [9.17, 15) is 4.79 Å². The predicted octanol–water partition coefficient (Wildman–Crippen LogP) is 1.86. The van der Waals surface area contributed by atoms with Gasteiger partial charge in [-0.2, -0.15) is 0 Å². The van der Waals surface area contributed by atoms with Gasteiger partial charge in [0.25, 0.3) is 0 Å². The van der Waals surface area contributed by atoms with Crippen LogP contribution in [-0.4, -0.2) is 26.0 Å². The topological polar surface area (TPSA) is 38.3 Å². The fourth-order valence-electron chi connectivity index (χ4n) is 1.56. The zero-order chi connectivity index (χ0) is 10.8. The number of Topliss-reactive ketones (excluding diaryl/α,β-unsaturated/α-hetero) is 1. The van der Waals surface area contributed by atoms with Crippen LogP contribution >= 0.6 is 15.9 Å². The van der Waals surface area contributed by atoms with Crippen LogP contribution in [0.5, 0.6) is 5.75 Å². The van der Waals surface area contributed by atoms with Gasteiger partial charge in [0.15, 0.2) is 5.78 Å². The van der Waals surface area contributed by atoms with Crippen LogP contribution < -0.4 is 10.1 Å². The lowest BCUT2D eigenvalue weighted by molar-refractivity contribution is 0.0875. The SMILES string of the molecule is COc1cc(Br)ccc1C(=O)C1CNC1. The second-order valence-electron chi connectivity index (χ2n) is 3.56. The molecule has 80 valence electrons. The molecule has 1 aliphatic rings. The molecule has 15 heavy (non-hydrogen) atoms. The zero-order valence-electron chi connectivity index (χ0n) is 8.42. The summed E-state index contributed by atoms with van der Waals surface area (Å²) in [5, 5.41) is 3.09. The minimum atomic E-state index is 0.111. The molecule has 0 saturated carbocycles. The fraction of sp³-hybridized carbons (Fsp3) is 0.364. The highest BCUT2D eigenvalue weighted by molar-refractivity contribution is 9.10. The highest BCUT2D eigenvalue weighted by atomic mass is 79.9. The van der Waals surface area contributed by atoms with Gasteiger partial charge in [0.1, 0.15) is 5.75 Å². The highest BCUT2D eigenvalue weighted by Gasteiger charge is 2.27. The van der Waals surface area contributed by atoms with E-state index in [1.807, 2.05) is 18.2 Å². The molecule has 3 nitrogen and oxygen atoms in total. The second-order valence-corrected chi connectivity index (χ2v) is 4.48. The van der Waals surface area contributed by atoms with E-state index in [1.165, 1.54) is 0 Å². The van der Waals surface area contributed by atoms with Crippen molar-refractivity contribution < 1.29 is 9.53 Å². The van der Waals surface area contributed by atoms with Crippen LogP contribution in [0.15, 0.2) is 22.7 Å². The van der Waals surface area contributed by atoms with Crippen molar-refractivity contribution in [3.63, 3.8) is 0 Å². The average molecular weight is 270 g/mol. The molecule has 1 aromatic rings. The first-order chi connectivity index (χ1) is 7.22. The van der Waals surface area contributed by atoms with E-state index in [4.69, 9.17) is 4.74 Å². The summed E-state index contributed by atoms with van der Waals surface area (Å²) in [7, 11) is 1.58. The summed E-state index contributed by atoms with van der Waals surface area (Å²) >= 11 is 3.35. The number of carbonyl (C=O) groups is 1. The third-order valence-corrected chi connectivity index (χ3v) is 3.07. The van der Waals surface area contributed by atoms with Crippen molar-refractivity contribution in [3.05, 3.63) is 28.2 Å². The van der Waals surface area contributed by atoms with Crippen LogP contribution in [0.25, 0.3) is 0 Å². The number of methoxy groups -OCH3 is 1. The summed E-state index contributed by atoms with van der Waals surface area (Å²) in [5.74, 6) is 0.916. The smallest absolute Gasteiger partial charge is 0.172 e. The van der Waals surface area contributed by atoms with E-state index in [0.717, 1.165) is 17.6 Å². The molecule has 0 aliphatic carbocycles. The molecule has 1 fully saturated rings. The molecule has 0 unspecified atom stereocenters. The normalized spacial score (nSPS) is 15.9. The van der Waals surface area contributed by atoms with Crippen LogP contribution in [0.1, 0.15) is 10.4 Å². The number of ketones is 1. The monoisotopic (exact) mass is 269 g/mol. The molecular weight excluding hydrogens is 258 g/mol. The first-order valence-corrected chi connectivity index (χ1v) is 5.60. The maximum absolute atomic E-state index is 12.0. The van der Waals surface area contributed by atoms with E-state index < -0.39 is 0 Å². The van der Waals surface area contributed by atoms with Gasteiger partial charge in [0.05, 0.1) is 12.7 Å². The number of halogens is 1. The van der Waals surface area contributed by atoms with Crippen molar-refractivity contribution in [3.8, 4) is 5.75 Å². The van der Waals surface area contributed by atoms with Gasteiger partial charge in [-0.1, -0.05) is 15.9 Å². The molecule has 0 bridgehead atoms. The Morgan fingerprint density at radius 1 is 1.53 bits per heavy atom. The number of nitrogens with one attached hydrogen (secondary N) is 1. The molecule has 0 amide bonds. The van der Waals surface area contributed by atoms with E-state index in [1.54, 1.807) is 7.11 Å². The lowest BCUT2D eigenvalue weighted by atomic mass is 9.92. The molecule has 1 N–H and O–H groups in total. The molecular formula is C11H12BrNO2. The Hall–Kier alpha value is -0.870. The van der Waals surface area contributed by atoms with Crippen LogP contribution in [-0.2, 0) is 0 Å². The van der Waals surface area contributed by atoms with Gasteiger partial charge in [0, 0.05) is 23.5 Å². The Labute approximate surface area is 96.9 Å². The van der Waals surface area contributed by atoms with Crippen molar-refractivity contribution in [2.45, 2.75) is 0 Å². The first-order valence-electron chi connectivity index (χ1n) is 4.81. The van der Waals surface area contributed by atoms with Gasteiger partial charge in [-0.3, -0.25) is 4.79 Å². The Morgan fingerprint density at radius 3 is 2.80 bits per heavy atom. The summed E-state index contributed by atoms with van der Waals surface area (Å²) in [6.45, 7) is 1.55. The van der Waals surface area contributed by atoms with E-state index >= 15 is 0 Å². The minimum absolute atomic E-state index is 0.111. The fourth-order valence-corrected chi connectivity index (χ4v) is 1.90. The molecule has 4 heteroatoms. The molecule has 1 saturated heterocycles. The molecule has 0 aromatic heterocycles. The number of hydrogen-bond acceptors (Lipinski definition) is 3. The maximum Gasteiger partial charge on any atom is 0.172 e. The summed E-state index contributed by atoms with van der Waals surface area (Å²) < 4.78 is 6.11. The number of carbonyl (C=O) groups excluding carboxylic acids is 1. The van der Waals surface area contributed by atoms with Crippen LogP contribution in [0.4, 0.5) is 0 Å². The van der Waals surface area contributed by atoms with Gasteiger partial charge in [-0.25, -0.2) is 0 Å². The number of rotatable bonds is 3. The Balaban J connectivity index is 2.29. The maximum atomic E-state index is 12.0. The minimum Gasteiger partial charge on any atom is -0.496 e. The Kier molecular flexibility index (Phi) is 3.07. The van der Waals surface area contributed by atoms with Crippen molar-refractivity contribution in [1.29, 1.82) is 0 Å². The van der Waals surface area contributed by atoms with Crippen molar-refractivity contribution in [1.82, 2.24) is 5.32 Å².